The number of likely N-dealkylation sites (tertiary alicyclic amines) is 1. The highest BCUT2D eigenvalue weighted by molar-refractivity contribution is 7.81. The molecule has 0 aliphatic carbocycles. The molecule has 3 atom stereocenters. The van der Waals surface area contributed by atoms with Crippen LogP contribution in [-0.4, -0.2) is 87.1 Å². The van der Waals surface area contributed by atoms with Crippen molar-refractivity contribution in [3.63, 3.8) is 0 Å². The zero-order valence-electron chi connectivity index (χ0n) is 39.6. The third-order valence-electron chi connectivity index (χ3n) is 12.4. The van der Waals surface area contributed by atoms with Crippen LogP contribution >= 0.6 is 23.6 Å². The van der Waals surface area contributed by atoms with Gasteiger partial charge in [-0.05, 0) is 136 Å². The molecule has 4 aromatic carbocycles. The molecule has 0 bridgehead atoms. The van der Waals surface area contributed by atoms with Gasteiger partial charge in [0.05, 0.1) is 48.0 Å². The van der Waals surface area contributed by atoms with E-state index < -0.39 is 41.0 Å². The van der Waals surface area contributed by atoms with Gasteiger partial charge >= 0.3 is 0 Å². The molecule has 2 aliphatic rings. The number of aromatic nitrogens is 1. The number of carbonyl (C=O) groups is 4. The van der Waals surface area contributed by atoms with E-state index in [1.807, 2.05) is 113 Å². The molecule has 3 heterocycles. The maximum absolute atomic E-state index is 14.2. The number of unbranched alkanes of at least 4 members (excludes halogenated alkanes) is 1. The quantitative estimate of drug-likeness (QED) is 0.0525. The standard InChI is InChI=1S/C53H58N6O7S2/c1-33-28-39(21-24-43(33)54-8)58-50(64)53(6,7)59(51(58)67)38-19-22-41(23-20-38)65-26-9-10-27-66-42-13-11-12-37(29-42)48(62)56-47(52(3,4)5)49(63)57-31-40(60)30-44(57)45(61)25-16-35-14-17-36(18-15-35)46-34(2)55-32-68-46/h11-15,17-24,28-29,32,40,44,47,60H,9-10,16,25-27,30-31H2,1-7H3,(H,56,62)/t40-,44+,47-/m1/s1. The minimum atomic E-state index is -0.969. The van der Waals surface area contributed by atoms with Gasteiger partial charge in [-0.3, -0.25) is 24.1 Å². The molecule has 13 nitrogen and oxygen atoms in total. The van der Waals surface area contributed by atoms with E-state index in [0.717, 1.165) is 32.9 Å². The van der Waals surface area contributed by atoms with E-state index in [2.05, 4.69) is 15.1 Å². The van der Waals surface area contributed by atoms with Gasteiger partial charge < -0.3 is 29.7 Å². The zero-order valence-corrected chi connectivity index (χ0v) is 41.2. The lowest BCUT2D eigenvalue weighted by molar-refractivity contribution is -0.141. The molecular formula is C53H58N6O7S2. The van der Waals surface area contributed by atoms with E-state index in [-0.39, 0.29) is 31.1 Å². The monoisotopic (exact) mass is 954 g/mol. The number of aliphatic hydroxyl groups is 1. The van der Waals surface area contributed by atoms with Gasteiger partial charge in [-0.25, -0.2) is 9.83 Å². The SMILES string of the molecule is [C-]#[N+]c1ccc(N2C(=O)C(C)(C)N(c3ccc(OCCCCOc4cccc(C(=O)N[C@H](C(=O)N5C[C@H](O)C[C@H]5C(=O)CCc5ccc(-c6scnc6C)cc5)C(C)(C)C)c4)cc3)C2=S)cc1C. The summed E-state index contributed by atoms with van der Waals surface area (Å²) in [5.41, 5.74) is 6.22. The first-order valence-electron chi connectivity index (χ1n) is 22.8. The number of benzene rings is 4. The van der Waals surface area contributed by atoms with Crippen molar-refractivity contribution in [2.75, 3.05) is 29.6 Å². The average molecular weight is 955 g/mol. The van der Waals surface area contributed by atoms with Gasteiger partial charge in [0, 0.05) is 36.3 Å². The Morgan fingerprint density at radius 3 is 2.26 bits per heavy atom. The molecular weight excluding hydrogens is 897 g/mol. The molecule has 2 N–H and O–H groups in total. The number of hydrogen-bond donors (Lipinski definition) is 2. The molecule has 0 saturated carbocycles. The number of aryl methyl sites for hydroxylation is 3. The fourth-order valence-corrected chi connectivity index (χ4v) is 9.92. The fraction of sp³-hybridized carbons (Fsp3) is 0.377. The van der Waals surface area contributed by atoms with Gasteiger partial charge in [0.25, 0.3) is 11.8 Å². The second-order valence-corrected chi connectivity index (χ2v) is 20.1. The molecule has 0 unspecified atom stereocenters. The normalized spacial score (nSPS) is 17.2. The van der Waals surface area contributed by atoms with E-state index >= 15 is 0 Å². The number of nitrogens with one attached hydrogen (secondary N) is 1. The van der Waals surface area contributed by atoms with Crippen LogP contribution in [0.2, 0.25) is 0 Å². The lowest BCUT2D eigenvalue weighted by Crippen LogP contribution is -2.56. The molecule has 15 heteroatoms. The van der Waals surface area contributed by atoms with Crippen LogP contribution in [0.5, 0.6) is 11.5 Å². The van der Waals surface area contributed by atoms with E-state index in [4.69, 9.17) is 28.3 Å². The minimum Gasteiger partial charge on any atom is -0.494 e. The molecule has 0 radical (unpaired) electrons. The van der Waals surface area contributed by atoms with Gasteiger partial charge in [-0.2, -0.15) is 0 Å². The van der Waals surface area contributed by atoms with Crippen LogP contribution in [-0.2, 0) is 20.8 Å². The predicted molar refractivity (Wildman–Crippen MR) is 270 cm³/mol. The molecule has 5 aromatic rings. The maximum Gasteiger partial charge on any atom is 0.259 e. The van der Waals surface area contributed by atoms with Gasteiger partial charge in [-0.1, -0.05) is 57.2 Å². The first kappa shape index (κ1) is 49.4. The van der Waals surface area contributed by atoms with Crippen molar-refractivity contribution < 1.29 is 33.8 Å². The zero-order chi connectivity index (χ0) is 48.9. The Morgan fingerprint density at radius 1 is 0.956 bits per heavy atom. The number of nitrogens with zero attached hydrogens (tertiary/aromatic N) is 5. The van der Waals surface area contributed by atoms with E-state index in [9.17, 15) is 24.3 Å². The molecule has 2 saturated heterocycles. The van der Waals surface area contributed by atoms with Crippen LogP contribution in [0.15, 0.2) is 96.5 Å². The van der Waals surface area contributed by atoms with Crippen molar-refractivity contribution in [1.29, 1.82) is 0 Å². The summed E-state index contributed by atoms with van der Waals surface area (Å²) in [6.07, 6.45) is 1.40. The number of carbonyl (C=O) groups excluding carboxylic acids is 4. The topological polar surface area (TPSA) is 146 Å². The Bertz CT molecular complexity index is 2720. The van der Waals surface area contributed by atoms with Crippen molar-refractivity contribution in [3.8, 4) is 21.9 Å². The summed E-state index contributed by atoms with van der Waals surface area (Å²) in [7, 11) is 0. The van der Waals surface area contributed by atoms with Crippen molar-refractivity contribution in [1.82, 2.24) is 15.2 Å². The summed E-state index contributed by atoms with van der Waals surface area (Å²) in [4.78, 5) is 69.0. The fourth-order valence-electron chi connectivity index (χ4n) is 8.59. The minimum absolute atomic E-state index is 0.0129. The Balaban J connectivity index is 0.878. The molecule has 68 heavy (non-hydrogen) atoms. The predicted octanol–water partition coefficient (Wildman–Crippen LogP) is 9.44. The molecule has 3 amide bonds. The van der Waals surface area contributed by atoms with E-state index in [1.165, 1.54) is 9.80 Å². The highest BCUT2D eigenvalue weighted by Crippen LogP contribution is 2.38. The second kappa shape index (κ2) is 20.8. The Labute approximate surface area is 407 Å². The first-order chi connectivity index (χ1) is 32.4. The average Bonchev–Trinajstić information content (AvgIpc) is 3.98. The smallest absolute Gasteiger partial charge is 0.259 e. The van der Waals surface area contributed by atoms with Crippen LogP contribution in [0, 0.1) is 25.8 Å². The van der Waals surface area contributed by atoms with Crippen molar-refractivity contribution in [2.24, 2.45) is 5.41 Å². The van der Waals surface area contributed by atoms with Crippen LogP contribution in [0.4, 0.5) is 17.1 Å². The van der Waals surface area contributed by atoms with Crippen molar-refractivity contribution >= 4 is 69.2 Å². The largest absolute Gasteiger partial charge is 0.494 e. The number of ketones is 1. The Kier molecular flexibility index (Phi) is 15.1. The van der Waals surface area contributed by atoms with Crippen LogP contribution < -0.4 is 24.6 Å². The summed E-state index contributed by atoms with van der Waals surface area (Å²) < 4.78 is 12.0. The first-order valence-corrected chi connectivity index (χ1v) is 24.1. The number of thiocarbonyl (C=S) groups is 1. The Hall–Kier alpha value is -6.47. The summed E-state index contributed by atoms with van der Waals surface area (Å²) >= 11 is 7.42. The molecule has 1 aromatic heterocycles. The van der Waals surface area contributed by atoms with E-state index in [0.29, 0.717) is 66.0 Å². The van der Waals surface area contributed by atoms with Gasteiger partial charge in [0.2, 0.25) is 5.91 Å². The van der Waals surface area contributed by atoms with Crippen LogP contribution in [0.3, 0.4) is 0 Å². The Morgan fingerprint density at radius 2 is 1.63 bits per heavy atom. The lowest BCUT2D eigenvalue weighted by Gasteiger charge is -2.35. The van der Waals surface area contributed by atoms with Crippen molar-refractivity contribution in [3.05, 3.63) is 130 Å². The number of hydrogen-bond acceptors (Lipinski definition) is 10. The summed E-state index contributed by atoms with van der Waals surface area (Å²) in [6, 6.07) is 25.8. The highest BCUT2D eigenvalue weighted by Gasteiger charge is 2.50. The number of Topliss-reactive ketones (excluding diaryl/α,β-unsaturated/α-hetero) is 1. The third kappa shape index (κ3) is 10.9. The maximum atomic E-state index is 14.2. The number of amides is 3. The van der Waals surface area contributed by atoms with Gasteiger partial charge in [0.1, 0.15) is 23.1 Å². The van der Waals surface area contributed by atoms with Gasteiger partial charge in [0.15, 0.2) is 16.6 Å². The molecule has 2 fully saturated rings. The number of β-amino-alcohol motifs (C(OH)–C–C–N with tert-alkyl or cyclic N) is 1. The second-order valence-electron chi connectivity index (χ2n) is 18.9. The van der Waals surface area contributed by atoms with E-state index in [1.54, 1.807) is 47.7 Å². The van der Waals surface area contributed by atoms with Crippen molar-refractivity contribution in [2.45, 2.75) is 104 Å². The molecule has 0 spiro atoms. The third-order valence-corrected chi connectivity index (χ3v) is 13.8. The highest BCUT2D eigenvalue weighted by atomic mass is 32.1. The lowest BCUT2D eigenvalue weighted by atomic mass is 9.85. The number of rotatable bonds is 17. The van der Waals surface area contributed by atoms with Gasteiger partial charge in [-0.15, -0.1) is 11.3 Å². The number of anilines is 2. The van der Waals surface area contributed by atoms with Crippen LogP contribution in [0.25, 0.3) is 15.3 Å². The summed E-state index contributed by atoms with van der Waals surface area (Å²) in [5.74, 6) is 0.0239. The number of ether oxygens (including phenoxy) is 2. The summed E-state index contributed by atoms with van der Waals surface area (Å²) in [6.45, 7) is 21.3. The number of thiazole rings is 1. The van der Waals surface area contributed by atoms with Crippen LogP contribution in [0.1, 0.15) is 87.5 Å². The number of aliphatic hydroxyl groups excluding tert-OH is 1. The molecule has 2 aliphatic heterocycles. The molecule has 7 rings (SSSR count). The summed E-state index contributed by atoms with van der Waals surface area (Å²) in [5, 5.41) is 14.0. The molecule has 354 valence electrons.